The Hall–Kier alpha value is -1.66. The molecule has 0 aliphatic carbocycles. The molecule has 0 aromatic carbocycles. The van der Waals surface area contributed by atoms with Crippen LogP contribution in [0.5, 0.6) is 0 Å². The van der Waals surface area contributed by atoms with Gasteiger partial charge in [0.05, 0.1) is 25.2 Å². The molecule has 0 unspecified atom stereocenters. The molecule has 0 saturated carbocycles. The van der Waals surface area contributed by atoms with Crippen LogP contribution in [-0.4, -0.2) is 44.7 Å². The van der Waals surface area contributed by atoms with Crippen molar-refractivity contribution in [1.82, 2.24) is 0 Å². The lowest BCUT2D eigenvalue weighted by Gasteiger charge is -2.38. The molecule has 1 rings (SSSR count). The van der Waals surface area contributed by atoms with Gasteiger partial charge in [0.1, 0.15) is 6.61 Å². The van der Waals surface area contributed by atoms with Crippen molar-refractivity contribution < 1.29 is 28.5 Å². The van der Waals surface area contributed by atoms with Gasteiger partial charge in [-0.15, -0.1) is 0 Å². The molecule has 130 valence electrons. The van der Waals surface area contributed by atoms with E-state index in [1.807, 2.05) is 6.92 Å². The molecule has 0 bridgehead atoms. The third kappa shape index (κ3) is 6.15. The summed E-state index contributed by atoms with van der Waals surface area (Å²) in [6, 6.07) is 0. The fourth-order valence-electron chi connectivity index (χ4n) is 1.95. The number of ether oxygens (including phenoxy) is 4. The molecule has 1 aliphatic rings. The van der Waals surface area contributed by atoms with E-state index in [0.29, 0.717) is 25.2 Å². The van der Waals surface area contributed by atoms with Crippen molar-refractivity contribution in [3.63, 3.8) is 0 Å². The highest BCUT2D eigenvalue weighted by Crippen LogP contribution is 2.29. The van der Waals surface area contributed by atoms with Gasteiger partial charge in [-0.25, -0.2) is 9.59 Å². The Morgan fingerprint density at radius 3 is 2.48 bits per heavy atom. The molecule has 0 spiro atoms. The van der Waals surface area contributed by atoms with E-state index in [1.165, 1.54) is 0 Å². The van der Waals surface area contributed by atoms with Crippen LogP contribution in [0.25, 0.3) is 0 Å². The van der Waals surface area contributed by atoms with Crippen molar-refractivity contribution in [3.8, 4) is 0 Å². The number of rotatable bonds is 8. The molecule has 6 heteroatoms. The highest BCUT2D eigenvalue weighted by molar-refractivity contribution is 5.87. The lowest BCUT2D eigenvalue weighted by Crippen LogP contribution is -2.45. The maximum absolute atomic E-state index is 11.5. The van der Waals surface area contributed by atoms with Crippen molar-refractivity contribution in [2.75, 3.05) is 26.4 Å². The summed E-state index contributed by atoms with van der Waals surface area (Å²) in [7, 11) is 0. The zero-order valence-corrected chi connectivity index (χ0v) is 14.1. The number of carbonyl (C=O) groups excluding carboxylic acids is 2. The highest BCUT2D eigenvalue weighted by Gasteiger charge is 2.36. The molecule has 1 aliphatic heterocycles. The molecular weight excluding hydrogens is 300 g/mol. The Kier molecular flexibility index (Phi) is 7.98. The average molecular weight is 326 g/mol. The molecule has 0 N–H and O–H groups in total. The molecule has 0 atom stereocenters. The first-order valence-corrected chi connectivity index (χ1v) is 7.79. The standard InChI is InChI=1S/C17H26O6/c1-5-13(4)16(19)20-9-8-15-22-11-17(7-3,12-23-15)10-21-14(18)6-2/h5-6,15H,2,7-12H2,1,3-4H3/b13-5+. The van der Waals surface area contributed by atoms with Gasteiger partial charge in [-0.1, -0.05) is 19.6 Å². The molecule has 1 heterocycles. The van der Waals surface area contributed by atoms with E-state index in [9.17, 15) is 9.59 Å². The summed E-state index contributed by atoms with van der Waals surface area (Å²) in [4.78, 5) is 22.7. The minimum atomic E-state index is -0.453. The fourth-order valence-corrected chi connectivity index (χ4v) is 1.95. The smallest absolute Gasteiger partial charge is 0.333 e. The van der Waals surface area contributed by atoms with Crippen LogP contribution in [0.2, 0.25) is 0 Å². The van der Waals surface area contributed by atoms with Crippen molar-refractivity contribution in [2.24, 2.45) is 5.41 Å². The third-order valence-electron chi connectivity index (χ3n) is 3.93. The minimum Gasteiger partial charge on any atom is -0.462 e. The second kappa shape index (κ2) is 9.47. The maximum atomic E-state index is 11.5. The van der Waals surface area contributed by atoms with Crippen molar-refractivity contribution >= 4 is 11.9 Å². The average Bonchev–Trinajstić information content (AvgIpc) is 2.59. The lowest BCUT2D eigenvalue weighted by atomic mass is 9.87. The predicted octanol–water partition coefficient (Wildman–Crippen LogP) is 2.38. The molecule has 0 aromatic rings. The Morgan fingerprint density at radius 1 is 1.30 bits per heavy atom. The molecule has 1 saturated heterocycles. The molecule has 23 heavy (non-hydrogen) atoms. The van der Waals surface area contributed by atoms with E-state index in [-0.39, 0.29) is 24.6 Å². The van der Waals surface area contributed by atoms with Gasteiger partial charge in [-0.3, -0.25) is 0 Å². The number of hydrogen-bond acceptors (Lipinski definition) is 6. The largest absolute Gasteiger partial charge is 0.462 e. The molecule has 0 aromatic heterocycles. The summed E-state index contributed by atoms with van der Waals surface area (Å²) in [6.07, 6.45) is 3.66. The lowest BCUT2D eigenvalue weighted by molar-refractivity contribution is -0.243. The number of allylic oxidation sites excluding steroid dienone is 1. The van der Waals surface area contributed by atoms with Crippen LogP contribution >= 0.6 is 0 Å². The highest BCUT2D eigenvalue weighted by atomic mass is 16.7. The van der Waals surface area contributed by atoms with Crippen LogP contribution < -0.4 is 0 Å². The van der Waals surface area contributed by atoms with E-state index >= 15 is 0 Å². The number of esters is 2. The second-order valence-corrected chi connectivity index (χ2v) is 5.61. The van der Waals surface area contributed by atoms with Crippen LogP contribution in [0.15, 0.2) is 24.3 Å². The summed E-state index contributed by atoms with van der Waals surface area (Å²) < 4.78 is 21.6. The Balaban J connectivity index is 2.34. The van der Waals surface area contributed by atoms with Crippen LogP contribution in [0.1, 0.15) is 33.6 Å². The van der Waals surface area contributed by atoms with Gasteiger partial charge in [0, 0.05) is 18.1 Å². The molecular formula is C17H26O6. The van der Waals surface area contributed by atoms with Crippen LogP contribution in [-0.2, 0) is 28.5 Å². The van der Waals surface area contributed by atoms with Crippen molar-refractivity contribution in [3.05, 3.63) is 24.3 Å². The van der Waals surface area contributed by atoms with E-state index in [0.717, 1.165) is 12.5 Å². The van der Waals surface area contributed by atoms with Gasteiger partial charge in [-0.2, -0.15) is 0 Å². The van der Waals surface area contributed by atoms with Gasteiger partial charge in [0.2, 0.25) is 0 Å². The zero-order valence-electron chi connectivity index (χ0n) is 14.1. The zero-order chi connectivity index (χ0) is 17.3. The molecule has 0 radical (unpaired) electrons. The van der Waals surface area contributed by atoms with E-state index in [1.54, 1.807) is 19.9 Å². The van der Waals surface area contributed by atoms with Crippen molar-refractivity contribution in [2.45, 2.75) is 39.9 Å². The van der Waals surface area contributed by atoms with Gasteiger partial charge in [0.15, 0.2) is 6.29 Å². The normalized spacial score (nSPS) is 24.8. The van der Waals surface area contributed by atoms with Crippen LogP contribution in [0, 0.1) is 5.41 Å². The summed E-state index contributed by atoms with van der Waals surface area (Å²) >= 11 is 0. The van der Waals surface area contributed by atoms with Gasteiger partial charge < -0.3 is 18.9 Å². The van der Waals surface area contributed by atoms with E-state index in [2.05, 4.69) is 6.58 Å². The van der Waals surface area contributed by atoms with E-state index in [4.69, 9.17) is 18.9 Å². The first-order valence-electron chi connectivity index (χ1n) is 7.79. The first-order chi connectivity index (χ1) is 11.0. The monoisotopic (exact) mass is 326 g/mol. The predicted molar refractivity (Wildman–Crippen MR) is 84.6 cm³/mol. The summed E-state index contributed by atoms with van der Waals surface area (Å²) in [5.74, 6) is -0.784. The quantitative estimate of drug-likeness (QED) is 0.504. The van der Waals surface area contributed by atoms with Gasteiger partial charge >= 0.3 is 11.9 Å². The SMILES string of the molecule is C=CC(=O)OCC1(CC)COC(CCOC(=O)/C(C)=C/C)OC1. The maximum Gasteiger partial charge on any atom is 0.333 e. The Bertz CT molecular complexity index is 446. The first kappa shape index (κ1) is 19.4. The number of hydrogen-bond donors (Lipinski definition) is 0. The van der Waals surface area contributed by atoms with Crippen LogP contribution in [0.4, 0.5) is 0 Å². The minimum absolute atomic E-state index is 0.233. The van der Waals surface area contributed by atoms with Crippen LogP contribution in [0.3, 0.4) is 0 Å². The van der Waals surface area contributed by atoms with Gasteiger partial charge in [0.25, 0.3) is 0 Å². The van der Waals surface area contributed by atoms with Crippen molar-refractivity contribution in [1.29, 1.82) is 0 Å². The fraction of sp³-hybridized carbons (Fsp3) is 0.647. The molecule has 1 fully saturated rings. The van der Waals surface area contributed by atoms with Gasteiger partial charge in [-0.05, 0) is 20.3 Å². The Labute approximate surface area is 137 Å². The summed E-state index contributed by atoms with van der Waals surface area (Å²) in [5.41, 5.74) is 0.234. The van der Waals surface area contributed by atoms with E-state index < -0.39 is 12.3 Å². The number of carbonyl (C=O) groups is 2. The third-order valence-corrected chi connectivity index (χ3v) is 3.93. The topological polar surface area (TPSA) is 71.1 Å². The summed E-state index contributed by atoms with van der Waals surface area (Å²) in [5, 5.41) is 0. The molecule has 0 amide bonds. The second-order valence-electron chi connectivity index (χ2n) is 5.61. The summed E-state index contributed by atoms with van der Waals surface area (Å²) in [6.45, 7) is 10.2. The molecule has 6 nitrogen and oxygen atoms in total. The Morgan fingerprint density at radius 2 is 1.96 bits per heavy atom.